The number of aromatic nitrogens is 1. The maximum absolute atomic E-state index is 13.4. The minimum absolute atomic E-state index is 0.0489. The van der Waals surface area contributed by atoms with Crippen LogP contribution in [0.3, 0.4) is 0 Å². The lowest BCUT2D eigenvalue weighted by Crippen LogP contribution is -2.40. The van der Waals surface area contributed by atoms with Gasteiger partial charge in [-0.15, -0.1) is 0 Å². The predicted molar refractivity (Wildman–Crippen MR) is 121 cm³/mol. The van der Waals surface area contributed by atoms with Crippen molar-refractivity contribution < 1.29 is 23.9 Å². The van der Waals surface area contributed by atoms with Gasteiger partial charge in [-0.3, -0.25) is 9.59 Å². The van der Waals surface area contributed by atoms with Gasteiger partial charge < -0.3 is 19.4 Å². The summed E-state index contributed by atoms with van der Waals surface area (Å²) in [6.45, 7) is 3.96. The topological polar surface area (TPSA) is 88.7 Å². The highest BCUT2D eigenvalue weighted by Gasteiger charge is 2.28. The number of hydrogen-bond acceptors (Lipinski definition) is 5. The second-order valence-electron chi connectivity index (χ2n) is 8.46. The molecule has 1 aromatic carbocycles. The van der Waals surface area contributed by atoms with Crippen LogP contribution in [-0.2, 0) is 4.74 Å². The van der Waals surface area contributed by atoms with Gasteiger partial charge in [-0.1, -0.05) is 25.3 Å². The maximum atomic E-state index is 13.4. The Bertz CT molecular complexity index is 988. The first-order valence-electron chi connectivity index (χ1n) is 11.1. The Kier molecular flexibility index (Phi) is 7.72. The number of nitrogens with one attached hydrogen (secondary N) is 1. The number of H-pyrrole nitrogens is 1. The van der Waals surface area contributed by atoms with Crippen LogP contribution in [0.2, 0.25) is 0 Å². The lowest BCUT2D eigenvalue weighted by molar-refractivity contribution is 0.0593. The molecule has 1 aromatic heterocycles. The normalized spacial score (nSPS) is 14.1. The van der Waals surface area contributed by atoms with Crippen LogP contribution in [0.4, 0.5) is 0 Å². The Morgan fingerprint density at radius 3 is 2.47 bits per heavy atom. The zero-order valence-corrected chi connectivity index (χ0v) is 19.3. The van der Waals surface area contributed by atoms with Crippen molar-refractivity contribution in [2.24, 2.45) is 5.92 Å². The number of carbonyl (C=O) groups is 3. The summed E-state index contributed by atoms with van der Waals surface area (Å²) in [4.78, 5) is 43.4. The molecule has 0 radical (unpaired) electrons. The van der Waals surface area contributed by atoms with Gasteiger partial charge in [-0.2, -0.15) is 0 Å². The molecule has 1 amide bonds. The standard InChI is InChI=1S/C25H32N2O5/c1-16-22(17(2)26-23(16)25(30)32-4)21(28)15-27(14-18-9-6-5-7-10-18)24(29)19-11-8-12-20(13-19)31-3/h8,11-13,18,26H,5-7,9-10,14-15H2,1-4H3. The Hall–Kier alpha value is -3.09. The highest BCUT2D eigenvalue weighted by Crippen LogP contribution is 2.26. The molecule has 7 nitrogen and oxygen atoms in total. The van der Waals surface area contributed by atoms with Crippen molar-refractivity contribution >= 4 is 17.7 Å². The number of aryl methyl sites for hydroxylation is 1. The van der Waals surface area contributed by atoms with Crippen molar-refractivity contribution in [3.8, 4) is 5.75 Å². The van der Waals surface area contributed by atoms with E-state index in [-0.39, 0.29) is 23.9 Å². The fourth-order valence-electron chi connectivity index (χ4n) is 4.57. The SMILES string of the molecule is COC(=O)c1[nH]c(C)c(C(=O)CN(CC2CCCCC2)C(=O)c2cccc(OC)c2)c1C. The summed E-state index contributed by atoms with van der Waals surface area (Å²) in [5.41, 5.74) is 2.35. The van der Waals surface area contributed by atoms with Gasteiger partial charge in [0.1, 0.15) is 11.4 Å². The fraction of sp³-hybridized carbons (Fsp3) is 0.480. The maximum Gasteiger partial charge on any atom is 0.354 e. The molecule has 0 spiro atoms. The number of esters is 1. The van der Waals surface area contributed by atoms with E-state index in [1.165, 1.54) is 13.5 Å². The molecule has 2 aromatic rings. The Morgan fingerprint density at radius 2 is 1.81 bits per heavy atom. The number of benzene rings is 1. The highest BCUT2D eigenvalue weighted by atomic mass is 16.5. The number of methoxy groups -OCH3 is 2. The molecule has 0 saturated heterocycles. The highest BCUT2D eigenvalue weighted by molar-refractivity contribution is 6.05. The largest absolute Gasteiger partial charge is 0.497 e. The quantitative estimate of drug-likeness (QED) is 0.487. The molecular formula is C25H32N2O5. The number of amides is 1. The van der Waals surface area contributed by atoms with Crippen molar-refractivity contribution in [3.05, 3.63) is 52.3 Å². The van der Waals surface area contributed by atoms with E-state index in [1.807, 2.05) is 0 Å². The summed E-state index contributed by atoms with van der Waals surface area (Å²) in [6.07, 6.45) is 5.64. The lowest BCUT2D eigenvalue weighted by Gasteiger charge is -2.29. The minimum atomic E-state index is -0.517. The van der Waals surface area contributed by atoms with Gasteiger partial charge in [0, 0.05) is 23.4 Å². The van der Waals surface area contributed by atoms with Gasteiger partial charge >= 0.3 is 5.97 Å². The molecule has 3 rings (SSSR count). The van der Waals surface area contributed by atoms with Crippen LogP contribution >= 0.6 is 0 Å². The molecule has 0 atom stereocenters. The first-order chi connectivity index (χ1) is 15.3. The van der Waals surface area contributed by atoms with E-state index < -0.39 is 5.97 Å². The number of hydrogen-bond donors (Lipinski definition) is 1. The zero-order chi connectivity index (χ0) is 23.3. The molecule has 1 fully saturated rings. The number of nitrogens with zero attached hydrogens (tertiary/aromatic N) is 1. The molecule has 0 unspecified atom stereocenters. The first kappa shape index (κ1) is 23.6. The van der Waals surface area contributed by atoms with Gasteiger partial charge in [0.2, 0.25) is 0 Å². The molecule has 32 heavy (non-hydrogen) atoms. The van der Waals surface area contributed by atoms with E-state index in [2.05, 4.69) is 4.98 Å². The van der Waals surface area contributed by atoms with Crippen molar-refractivity contribution in [2.45, 2.75) is 46.0 Å². The average molecular weight is 441 g/mol. The summed E-state index contributed by atoms with van der Waals surface area (Å²) in [6, 6.07) is 7.00. The number of Topliss-reactive ketones (excluding diaryl/α,β-unsaturated/α-hetero) is 1. The van der Waals surface area contributed by atoms with Crippen molar-refractivity contribution in [3.63, 3.8) is 0 Å². The summed E-state index contributed by atoms with van der Waals surface area (Å²) in [5.74, 6) is 0.0708. The van der Waals surface area contributed by atoms with E-state index in [0.717, 1.165) is 25.7 Å². The van der Waals surface area contributed by atoms with E-state index in [1.54, 1.807) is 50.1 Å². The summed E-state index contributed by atoms with van der Waals surface area (Å²) in [7, 11) is 2.86. The van der Waals surface area contributed by atoms with Crippen LogP contribution in [0.25, 0.3) is 0 Å². The molecule has 7 heteroatoms. The Morgan fingerprint density at radius 1 is 1.09 bits per heavy atom. The van der Waals surface area contributed by atoms with E-state index in [9.17, 15) is 14.4 Å². The number of aromatic amines is 1. The van der Waals surface area contributed by atoms with Crippen LogP contribution in [-0.4, -0.2) is 54.9 Å². The summed E-state index contributed by atoms with van der Waals surface area (Å²) >= 11 is 0. The van der Waals surface area contributed by atoms with Crippen LogP contribution < -0.4 is 4.74 Å². The predicted octanol–water partition coefficient (Wildman–Crippen LogP) is 4.33. The average Bonchev–Trinajstić information content (AvgIpc) is 3.12. The van der Waals surface area contributed by atoms with Gasteiger partial charge in [-0.05, 0) is 56.4 Å². The second kappa shape index (κ2) is 10.5. The lowest BCUT2D eigenvalue weighted by atomic mass is 9.88. The molecular weight excluding hydrogens is 408 g/mol. The van der Waals surface area contributed by atoms with Gasteiger partial charge in [0.25, 0.3) is 5.91 Å². The van der Waals surface area contributed by atoms with Crippen LogP contribution in [0, 0.1) is 19.8 Å². The molecule has 0 bridgehead atoms. The third-order valence-electron chi connectivity index (χ3n) is 6.25. The molecule has 0 aliphatic heterocycles. The zero-order valence-electron chi connectivity index (χ0n) is 19.3. The minimum Gasteiger partial charge on any atom is -0.497 e. The molecule has 172 valence electrons. The number of carbonyl (C=O) groups excluding carboxylic acids is 3. The summed E-state index contributed by atoms with van der Waals surface area (Å²) in [5, 5.41) is 0. The molecule has 1 N–H and O–H groups in total. The molecule has 1 aliphatic carbocycles. The number of rotatable bonds is 8. The van der Waals surface area contributed by atoms with Crippen LogP contribution in [0.1, 0.15) is 74.6 Å². The Labute approximate surface area is 189 Å². The molecule has 1 saturated carbocycles. The molecule has 1 heterocycles. The van der Waals surface area contributed by atoms with Crippen LogP contribution in [0.5, 0.6) is 5.75 Å². The van der Waals surface area contributed by atoms with Gasteiger partial charge in [-0.25, -0.2) is 4.79 Å². The smallest absolute Gasteiger partial charge is 0.354 e. The van der Waals surface area contributed by atoms with Gasteiger partial charge in [0.05, 0.1) is 20.8 Å². The summed E-state index contributed by atoms with van der Waals surface area (Å²) < 4.78 is 10.1. The van der Waals surface area contributed by atoms with Crippen molar-refractivity contribution in [1.29, 1.82) is 0 Å². The van der Waals surface area contributed by atoms with E-state index in [4.69, 9.17) is 9.47 Å². The number of ketones is 1. The van der Waals surface area contributed by atoms with Crippen molar-refractivity contribution in [1.82, 2.24) is 9.88 Å². The van der Waals surface area contributed by atoms with Crippen LogP contribution in [0.15, 0.2) is 24.3 Å². The number of ether oxygens (including phenoxy) is 2. The third-order valence-corrected chi connectivity index (χ3v) is 6.25. The molecule has 1 aliphatic rings. The first-order valence-corrected chi connectivity index (χ1v) is 11.1. The van der Waals surface area contributed by atoms with Crippen molar-refractivity contribution in [2.75, 3.05) is 27.3 Å². The Balaban J connectivity index is 1.88. The van der Waals surface area contributed by atoms with E-state index >= 15 is 0 Å². The fourth-order valence-corrected chi connectivity index (χ4v) is 4.57. The second-order valence-corrected chi connectivity index (χ2v) is 8.46. The van der Waals surface area contributed by atoms with E-state index in [0.29, 0.717) is 40.6 Å². The monoisotopic (exact) mass is 440 g/mol. The van der Waals surface area contributed by atoms with Gasteiger partial charge in [0.15, 0.2) is 5.78 Å². The third kappa shape index (κ3) is 5.21.